The normalized spacial score (nSPS) is 10.8. The molecule has 0 aliphatic carbocycles. The summed E-state index contributed by atoms with van der Waals surface area (Å²) < 4.78 is 0. The molecule has 1 aromatic heterocycles. The molecule has 0 saturated carbocycles. The Hall–Kier alpha value is -2.41. The maximum absolute atomic E-state index is 7.22. The molecular weight excluding hydrogens is 296 g/mol. The summed E-state index contributed by atoms with van der Waals surface area (Å²) in [7, 11) is 2.01. The second-order valence-electron chi connectivity index (χ2n) is 4.85. The van der Waals surface area contributed by atoms with Crippen molar-refractivity contribution >= 4 is 34.5 Å². The van der Waals surface area contributed by atoms with Crippen LogP contribution in [0.5, 0.6) is 0 Å². The van der Waals surface area contributed by atoms with Crippen LogP contribution >= 0.6 is 11.3 Å². The van der Waals surface area contributed by atoms with E-state index in [1.165, 1.54) is 11.3 Å². The van der Waals surface area contributed by atoms with E-state index in [1.807, 2.05) is 43.0 Å². The van der Waals surface area contributed by atoms with Crippen molar-refractivity contribution in [3.05, 3.63) is 29.6 Å². The molecular formula is C15H20N6S. The van der Waals surface area contributed by atoms with E-state index >= 15 is 0 Å². The highest BCUT2D eigenvalue weighted by molar-refractivity contribution is 7.14. The van der Waals surface area contributed by atoms with Crippen LogP contribution in [-0.2, 0) is 0 Å². The van der Waals surface area contributed by atoms with E-state index in [2.05, 4.69) is 27.1 Å². The van der Waals surface area contributed by atoms with Crippen LogP contribution in [0.15, 0.2) is 34.6 Å². The van der Waals surface area contributed by atoms with E-state index in [0.717, 1.165) is 29.9 Å². The van der Waals surface area contributed by atoms with Crippen LogP contribution in [0.3, 0.4) is 0 Å². The number of aliphatic imine (C=N–C) groups is 1. The van der Waals surface area contributed by atoms with Gasteiger partial charge in [-0.15, -0.1) is 11.3 Å². The molecule has 4 N–H and O–H groups in total. The highest BCUT2D eigenvalue weighted by Crippen LogP contribution is 2.27. The van der Waals surface area contributed by atoms with Crippen LogP contribution < -0.4 is 11.1 Å². The van der Waals surface area contributed by atoms with Gasteiger partial charge >= 0.3 is 0 Å². The van der Waals surface area contributed by atoms with Crippen LogP contribution in [0.4, 0.5) is 10.8 Å². The van der Waals surface area contributed by atoms with Gasteiger partial charge in [-0.25, -0.2) is 9.98 Å². The van der Waals surface area contributed by atoms with Crippen molar-refractivity contribution in [1.29, 1.82) is 5.41 Å². The van der Waals surface area contributed by atoms with E-state index in [4.69, 9.17) is 11.1 Å². The van der Waals surface area contributed by atoms with Gasteiger partial charge in [-0.2, -0.15) is 0 Å². The number of anilines is 1. The number of nitrogens with two attached hydrogens (primary N) is 1. The number of hydrogen-bond donors (Lipinski definition) is 3. The minimum absolute atomic E-state index is 0.113. The molecule has 0 amide bonds. The molecule has 0 unspecified atom stereocenters. The molecule has 0 spiro atoms. The first-order valence-electron chi connectivity index (χ1n) is 7.00. The lowest BCUT2D eigenvalue weighted by Gasteiger charge is -2.10. The van der Waals surface area contributed by atoms with E-state index < -0.39 is 0 Å². The summed E-state index contributed by atoms with van der Waals surface area (Å²) >= 11 is 1.41. The summed E-state index contributed by atoms with van der Waals surface area (Å²) in [6.45, 7) is 3.12. The molecule has 0 atom stereocenters. The Morgan fingerprint density at radius 2 is 2.36 bits per heavy atom. The van der Waals surface area contributed by atoms with Crippen molar-refractivity contribution in [2.45, 2.75) is 13.3 Å². The van der Waals surface area contributed by atoms with Gasteiger partial charge in [0.1, 0.15) is 0 Å². The Bertz CT molecular complexity index is 664. The largest absolute Gasteiger partial charge is 0.370 e. The fraction of sp³-hybridized carbons (Fsp3) is 0.267. The zero-order valence-electron chi connectivity index (χ0n) is 12.7. The number of rotatable bonds is 6. The first-order valence-corrected chi connectivity index (χ1v) is 7.88. The van der Waals surface area contributed by atoms with Gasteiger partial charge in [-0.05, 0) is 18.6 Å². The highest BCUT2D eigenvalue weighted by atomic mass is 32.1. The van der Waals surface area contributed by atoms with Crippen LogP contribution in [-0.4, -0.2) is 35.8 Å². The van der Waals surface area contributed by atoms with Crippen molar-refractivity contribution in [3.8, 4) is 11.3 Å². The van der Waals surface area contributed by atoms with Crippen molar-refractivity contribution in [2.75, 3.05) is 18.9 Å². The Morgan fingerprint density at radius 3 is 3.09 bits per heavy atom. The topological polar surface area (TPSA) is 90.4 Å². The zero-order valence-corrected chi connectivity index (χ0v) is 13.5. The molecule has 2 rings (SSSR count). The Kier molecular flexibility index (Phi) is 5.48. The third-order valence-electron chi connectivity index (χ3n) is 2.87. The minimum Gasteiger partial charge on any atom is -0.370 e. The van der Waals surface area contributed by atoms with E-state index in [-0.39, 0.29) is 5.96 Å². The Morgan fingerprint density at radius 1 is 1.55 bits per heavy atom. The molecule has 1 heterocycles. The van der Waals surface area contributed by atoms with Crippen molar-refractivity contribution < 1.29 is 0 Å². The van der Waals surface area contributed by atoms with Crippen LogP contribution in [0.1, 0.15) is 13.3 Å². The summed E-state index contributed by atoms with van der Waals surface area (Å²) in [6.07, 6.45) is 2.93. The molecule has 0 fully saturated rings. The monoisotopic (exact) mass is 316 g/mol. The zero-order chi connectivity index (χ0) is 15.9. The van der Waals surface area contributed by atoms with Crippen LogP contribution in [0.25, 0.3) is 11.3 Å². The lowest BCUT2D eigenvalue weighted by atomic mass is 10.1. The van der Waals surface area contributed by atoms with Gasteiger partial charge in [0.25, 0.3) is 0 Å². The third kappa shape index (κ3) is 4.56. The number of nitrogens with zero attached hydrogens (tertiary/aromatic N) is 3. The van der Waals surface area contributed by atoms with Gasteiger partial charge < -0.3 is 16.0 Å². The van der Waals surface area contributed by atoms with Gasteiger partial charge in [-0.1, -0.05) is 19.1 Å². The van der Waals surface area contributed by atoms with Crippen molar-refractivity contribution in [2.24, 2.45) is 10.7 Å². The van der Waals surface area contributed by atoms with Gasteiger partial charge in [-0.3, -0.25) is 5.41 Å². The number of benzene rings is 1. The van der Waals surface area contributed by atoms with E-state index in [9.17, 15) is 0 Å². The van der Waals surface area contributed by atoms with Crippen molar-refractivity contribution in [1.82, 2.24) is 9.88 Å². The quantitative estimate of drug-likeness (QED) is 0.564. The van der Waals surface area contributed by atoms with Crippen LogP contribution in [0, 0.1) is 5.41 Å². The molecule has 116 valence electrons. The highest BCUT2D eigenvalue weighted by Gasteiger charge is 2.05. The summed E-state index contributed by atoms with van der Waals surface area (Å²) in [5, 5.41) is 12.5. The molecule has 1 aromatic carbocycles. The maximum Gasteiger partial charge on any atom is 0.192 e. The summed E-state index contributed by atoms with van der Waals surface area (Å²) in [6, 6.07) is 7.89. The molecule has 0 aliphatic heterocycles. The molecule has 22 heavy (non-hydrogen) atoms. The first-order chi connectivity index (χ1) is 10.6. The standard InChI is InChI=1S/C15H20N6S/c1-3-7-21(2)10-18-12-6-4-5-11(8-12)13-9-22-15(19-13)20-14(16)17/h4-6,8-10H,3,7H2,1-2H3,(H4,16,17,19,20). The smallest absolute Gasteiger partial charge is 0.192 e. The molecule has 0 bridgehead atoms. The SMILES string of the molecule is CCCN(C)C=Nc1cccc(-c2csc(NC(=N)N)n2)c1. The van der Waals surface area contributed by atoms with Gasteiger partial charge in [0, 0.05) is 24.5 Å². The predicted molar refractivity (Wildman–Crippen MR) is 94.2 cm³/mol. The summed E-state index contributed by atoms with van der Waals surface area (Å²) in [5.74, 6) is -0.113. The molecule has 0 radical (unpaired) electrons. The molecule has 0 aliphatic rings. The molecule has 6 nitrogen and oxygen atoms in total. The molecule has 7 heteroatoms. The van der Waals surface area contributed by atoms with Crippen molar-refractivity contribution in [3.63, 3.8) is 0 Å². The predicted octanol–water partition coefficient (Wildman–Crippen LogP) is 3.12. The number of nitrogens with one attached hydrogen (secondary N) is 2. The molecule has 0 saturated heterocycles. The van der Waals surface area contributed by atoms with Gasteiger partial charge in [0.05, 0.1) is 17.7 Å². The van der Waals surface area contributed by atoms with Gasteiger partial charge in [0.2, 0.25) is 0 Å². The molecule has 2 aromatic rings. The number of guanidine groups is 1. The Labute approximate surface area is 134 Å². The number of thiazole rings is 1. The number of aromatic nitrogens is 1. The fourth-order valence-electron chi connectivity index (χ4n) is 1.90. The third-order valence-corrected chi connectivity index (χ3v) is 3.63. The maximum atomic E-state index is 7.22. The number of hydrogen-bond acceptors (Lipinski definition) is 4. The Balaban J connectivity index is 2.14. The van der Waals surface area contributed by atoms with Gasteiger partial charge in [0.15, 0.2) is 11.1 Å². The lowest BCUT2D eigenvalue weighted by molar-refractivity contribution is 0.515. The summed E-state index contributed by atoms with van der Waals surface area (Å²) in [4.78, 5) is 10.9. The average Bonchev–Trinajstić information content (AvgIpc) is 2.93. The van der Waals surface area contributed by atoms with Crippen LogP contribution in [0.2, 0.25) is 0 Å². The first kappa shape index (κ1) is 16.0. The average molecular weight is 316 g/mol. The lowest BCUT2D eigenvalue weighted by Crippen LogP contribution is -2.20. The second kappa shape index (κ2) is 7.56. The van der Waals surface area contributed by atoms with E-state index in [1.54, 1.807) is 0 Å². The fourth-order valence-corrected chi connectivity index (χ4v) is 2.63. The van der Waals surface area contributed by atoms with E-state index in [0.29, 0.717) is 5.13 Å². The minimum atomic E-state index is -0.113. The summed E-state index contributed by atoms with van der Waals surface area (Å²) in [5.41, 5.74) is 8.02. The second-order valence-corrected chi connectivity index (χ2v) is 5.71.